The van der Waals surface area contributed by atoms with Crippen LogP contribution in [0.2, 0.25) is 0 Å². The number of ether oxygens (including phenoxy) is 1. The van der Waals surface area contributed by atoms with Gasteiger partial charge in [-0.05, 0) is 12.1 Å². The molecule has 7 nitrogen and oxygen atoms in total. The molecule has 0 aliphatic carbocycles. The van der Waals surface area contributed by atoms with Gasteiger partial charge in [0.1, 0.15) is 18.2 Å². The van der Waals surface area contributed by atoms with Crippen molar-refractivity contribution in [1.82, 2.24) is 19.8 Å². The number of nitrogens with zero attached hydrogens (tertiary/aromatic N) is 4. The van der Waals surface area contributed by atoms with Gasteiger partial charge >= 0.3 is 6.18 Å². The van der Waals surface area contributed by atoms with Crippen LogP contribution in [0.4, 0.5) is 19.0 Å². The fourth-order valence-electron chi connectivity index (χ4n) is 3.08. The van der Waals surface area contributed by atoms with Gasteiger partial charge in [0.05, 0.1) is 25.1 Å². The van der Waals surface area contributed by atoms with E-state index in [-0.39, 0.29) is 18.9 Å². The van der Waals surface area contributed by atoms with Crippen LogP contribution in [-0.2, 0) is 16.1 Å². The summed E-state index contributed by atoms with van der Waals surface area (Å²) in [5, 5.41) is 0.814. The Labute approximate surface area is 160 Å². The Morgan fingerprint density at radius 2 is 1.86 bits per heavy atom. The van der Waals surface area contributed by atoms with E-state index in [4.69, 9.17) is 5.73 Å². The third kappa shape index (κ3) is 5.52. The predicted molar refractivity (Wildman–Crippen MR) is 97.3 cm³/mol. The molecule has 1 saturated heterocycles. The fraction of sp³-hybridized carbons (Fsp3) is 0.500. The molecule has 28 heavy (non-hydrogen) atoms. The van der Waals surface area contributed by atoms with Crippen molar-refractivity contribution in [2.24, 2.45) is 0 Å². The first-order chi connectivity index (χ1) is 13.3. The van der Waals surface area contributed by atoms with Gasteiger partial charge in [0, 0.05) is 31.6 Å². The van der Waals surface area contributed by atoms with Crippen LogP contribution in [0.3, 0.4) is 0 Å². The maximum absolute atomic E-state index is 12.1. The van der Waals surface area contributed by atoms with Gasteiger partial charge in [0.25, 0.3) is 0 Å². The summed E-state index contributed by atoms with van der Waals surface area (Å²) < 4.78 is 40.6. The molecule has 1 fully saturated rings. The molecule has 10 heteroatoms. The molecule has 1 aromatic heterocycles. The van der Waals surface area contributed by atoms with Crippen molar-refractivity contribution in [1.29, 1.82) is 0 Å². The van der Waals surface area contributed by atoms with E-state index in [1.165, 1.54) is 0 Å². The summed E-state index contributed by atoms with van der Waals surface area (Å²) in [6.45, 7) is 1.22. The smallest absolute Gasteiger partial charge is 0.383 e. The summed E-state index contributed by atoms with van der Waals surface area (Å²) in [6.07, 6.45) is -4.43. The Bertz CT molecular complexity index is 822. The molecule has 0 saturated carbocycles. The number of carbonyl (C=O) groups is 1. The quantitative estimate of drug-likeness (QED) is 0.749. The molecule has 0 unspecified atom stereocenters. The first-order valence-electron chi connectivity index (χ1n) is 8.97. The maximum Gasteiger partial charge on any atom is 0.411 e. The van der Waals surface area contributed by atoms with E-state index in [1.54, 1.807) is 4.90 Å². The average molecular weight is 397 g/mol. The SMILES string of the molecule is Nc1nc(CN2CCN(C(=O)CCOCC(F)(F)F)CC2)nc2ccccc12. The molecule has 152 valence electrons. The third-order valence-electron chi connectivity index (χ3n) is 4.50. The number of carbonyl (C=O) groups excluding carboxylic acids is 1. The molecule has 1 aliphatic rings. The molecule has 1 aromatic carbocycles. The zero-order chi connectivity index (χ0) is 20.1. The minimum atomic E-state index is -4.37. The zero-order valence-electron chi connectivity index (χ0n) is 15.3. The van der Waals surface area contributed by atoms with E-state index in [9.17, 15) is 18.0 Å². The van der Waals surface area contributed by atoms with E-state index in [0.29, 0.717) is 44.4 Å². The third-order valence-corrected chi connectivity index (χ3v) is 4.50. The second-order valence-electron chi connectivity index (χ2n) is 6.62. The lowest BCUT2D eigenvalue weighted by molar-refractivity contribution is -0.175. The lowest BCUT2D eigenvalue weighted by Crippen LogP contribution is -2.48. The average Bonchev–Trinajstić information content (AvgIpc) is 2.65. The number of alkyl halides is 3. The number of aromatic nitrogens is 2. The summed E-state index contributed by atoms with van der Waals surface area (Å²) in [4.78, 5) is 24.7. The molecule has 1 amide bonds. The summed E-state index contributed by atoms with van der Waals surface area (Å²) in [6, 6.07) is 7.53. The minimum absolute atomic E-state index is 0.0552. The highest BCUT2D eigenvalue weighted by Gasteiger charge is 2.28. The number of piperazine rings is 1. The van der Waals surface area contributed by atoms with Crippen molar-refractivity contribution in [3.05, 3.63) is 30.1 Å². The van der Waals surface area contributed by atoms with Crippen LogP contribution >= 0.6 is 0 Å². The van der Waals surface area contributed by atoms with Gasteiger partial charge < -0.3 is 15.4 Å². The molecule has 2 N–H and O–H groups in total. The Hall–Kier alpha value is -2.46. The summed E-state index contributed by atoms with van der Waals surface area (Å²) in [5.74, 6) is 0.859. The Kier molecular flexibility index (Phi) is 6.30. The number of nitrogen functional groups attached to an aromatic ring is 1. The molecular weight excluding hydrogens is 375 g/mol. The number of anilines is 1. The Balaban J connectivity index is 1.46. The van der Waals surface area contributed by atoms with Gasteiger partial charge in [-0.2, -0.15) is 13.2 Å². The van der Waals surface area contributed by atoms with Crippen molar-refractivity contribution in [2.45, 2.75) is 19.1 Å². The number of halogens is 3. The molecular formula is C18H22F3N5O2. The van der Waals surface area contributed by atoms with Crippen LogP contribution in [0.5, 0.6) is 0 Å². The number of rotatable bonds is 6. The number of fused-ring (bicyclic) bond motifs is 1. The van der Waals surface area contributed by atoms with E-state index < -0.39 is 12.8 Å². The highest BCUT2D eigenvalue weighted by atomic mass is 19.4. The molecule has 0 radical (unpaired) electrons. The number of para-hydroxylation sites is 1. The molecule has 0 spiro atoms. The van der Waals surface area contributed by atoms with Crippen LogP contribution in [0, 0.1) is 0 Å². The Morgan fingerprint density at radius 3 is 2.57 bits per heavy atom. The standard InChI is InChI=1S/C18H22F3N5O2/c19-18(20,21)12-28-10-5-16(27)26-8-6-25(7-9-26)11-15-23-14-4-2-1-3-13(14)17(22)24-15/h1-4H,5-12H2,(H2,22,23,24). The second-order valence-corrected chi connectivity index (χ2v) is 6.62. The van der Waals surface area contributed by atoms with Gasteiger partial charge in [-0.1, -0.05) is 12.1 Å². The van der Waals surface area contributed by atoms with Crippen molar-refractivity contribution in [3.8, 4) is 0 Å². The largest absolute Gasteiger partial charge is 0.411 e. The van der Waals surface area contributed by atoms with Gasteiger partial charge in [0.15, 0.2) is 0 Å². The van der Waals surface area contributed by atoms with Crippen molar-refractivity contribution in [3.63, 3.8) is 0 Å². The number of hydrogen-bond acceptors (Lipinski definition) is 6. The molecule has 0 atom stereocenters. The minimum Gasteiger partial charge on any atom is -0.383 e. The number of nitrogens with two attached hydrogens (primary N) is 1. The van der Waals surface area contributed by atoms with E-state index in [0.717, 1.165) is 10.9 Å². The first kappa shape index (κ1) is 20.3. The van der Waals surface area contributed by atoms with Crippen molar-refractivity contribution < 1.29 is 22.7 Å². The topological polar surface area (TPSA) is 84.6 Å². The molecule has 2 aromatic rings. The van der Waals surface area contributed by atoms with Gasteiger partial charge in [-0.3, -0.25) is 9.69 Å². The lowest BCUT2D eigenvalue weighted by Gasteiger charge is -2.34. The first-order valence-corrected chi connectivity index (χ1v) is 8.97. The summed E-state index contributed by atoms with van der Waals surface area (Å²) in [7, 11) is 0. The molecule has 0 bridgehead atoms. The summed E-state index contributed by atoms with van der Waals surface area (Å²) in [5.41, 5.74) is 6.79. The van der Waals surface area contributed by atoms with Gasteiger partial charge in [-0.25, -0.2) is 9.97 Å². The van der Waals surface area contributed by atoms with Crippen LogP contribution in [0.15, 0.2) is 24.3 Å². The monoisotopic (exact) mass is 397 g/mol. The van der Waals surface area contributed by atoms with E-state index >= 15 is 0 Å². The van der Waals surface area contributed by atoms with Crippen LogP contribution in [-0.4, -0.2) is 71.2 Å². The zero-order valence-corrected chi connectivity index (χ0v) is 15.3. The van der Waals surface area contributed by atoms with E-state index in [2.05, 4.69) is 19.6 Å². The van der Waals surface area contributed by atoms with Crippen LogP contribution in [0.1, 0.15) is 12.2 Å². The summed E-state index contributed by atoms with van der Waals surface area (Å²) >= 11 is 0. The number of hydrogen-bond donors (Lipinski definition) is 1. The van der Waals surface area contributed by atoms with Gasteiger partial charge in [0.2, 0.25) is 5.91 Å². The maximum atomic E-state index is 12.1. The second kappa shape index (κ2) is 8.70. The predicted octanol–water partition coefficient (Wildman–Crippen LogP) is 1.83. The van der Waals surface area contributed by atoms with Gasteiger partial charge in [-0.15, -0.1) is 0 Å². The van der Waals surface area contributed by atoms with Crippen molar-refractivity contribution in [2.75, 3.05) is 45.1 Å². The van der Waals surface area contributed by atoms with Crippen molar-refractivity contribution >= 4 is 22.6 Å². The number of amides is 1. The molecule has 1 aliphatic heterocycles. The Morgan fingerprint density at radius 1 is 1.14 bits per heavy atom. The normalized spacial score (nSPS) is 15.9. The highest BCUT2D eigenvalue weighted by molar-refractivity contribution is 5.87. The highest BCUT2D eigenvalue weighted by Crippen LogP contribution is 2.18. The molecule has 3 rings (SSSR count). The van der Waals surface area contributed by atoms with Crippen LogP contribution in [0.25, 0.3) is 10.9 Å². The van der Waals surface area contributed by atoms with E-state index in [1.807, 2.05) is 24.3 Å². The fourth-order valence-corrected chi connectivity index (χ4v) is 3.08. The molecule has 2 heterocycles. The lowest BCUT2D eigenvalue weighted by atomic mass is 10.2. The number of benzene rings is 1. The van der Waals surface area contributed by atoms with Crippen LogP contribution < -0.4 is 5.73 Å².